The van der Waals surface area contributed by atoms with Crippen LogP contribution >= 0.6 is 11.6 Å². The zero-order valence-corrected chi connectivity index (χ0v) is 19.7. The second-order valence-electron chi connectivity index (χ2n) is 8.02. The molecule has 2 aromatic rings. The largest absolute Gasteiger partial charge is 0.375 e. The first-order valence-electron chi connectivity index (χ1n) is 10.9. The molecule has 4 rings (SSSR count). The van der Waals surface area contributed by atoms with Crippen LogP contribution in [0.2, 0.25) is 5.02 Å². The molecule has 0 saturated carbocycles. The molecule has 7 nitrogen and oxygen atoms in total. The van der Waals surface area contributed by atoms with E-state index in [0.29, 0.717) is 45.9 Å². The number of para-hydroxylation sites is 1. The molecule has 9 heteroatoms. The molecule has 2 aliphatic rings. The maximum absolute atomic E-state index is 13.3. The Morgan fingerprint density at radius 3 is 2.47 bits per heavy atom. The lowest BCUT2D eigenvalue weighted by molar-refractivity contribution is -0.0226. The minimum Gasteiger partial charge on any atom is -0.375 e. The third kappa shape index (κ3) is 4.78. The van der Waals surface area contributed by atoms with E-state index in [2.05, 4.69) is 4.90 Å². The van der Waals surface area contributed by atoms with Crippen LogP contribution in [0.25, 0.3) is 0 Å². The highest BCUT2D eigenvalue weighted by atomic mass is 35.5. The molecule has 1 atom stereocenters. The number of amides is 1. The summed E-state index contributed by atoms with van der Waals surface area (Å²) in [5, 5.41) is 0.252. The minimum absolute atomic E-state index is 0.0145. The minimum atomic E-state index is -3.73. The van der Waals surface area contributed by atoms with E-state index in [0.717, 1.165) is 12.1 Å². The highest BCUT2D eigenvalue weighted by molar-refractivity contribution is 7.89. The van der Waals surface area contributed by atoms with Crippen LogP contribution in [0.3, 0.4) is 0 Å². The van der Waals surface area contributed by atoms with Crippen LogP contribution in [0.4, 0.5) is 5.69 Å². The van der Waals surface area contributed by atoms with E-state index in [1.165, 1.54) is 22.5 Å². The van der Waals surface area contributed by atoms with Gasteiger partial charge in [0.25, 0.3) is 5.91 Å². The van der Waals surface area contributed by atoms with Crippen molar-refractivity contribution in [1.29, 1.82) is 0 Å². The summed E-state index contributed by atoms with van der Waals surface area (Å²) in [5.74, 6) is -0.261. The van der Waals surface area contributed by atoms with Crippen molar-refractivity contribution >= 4 is 33.2 Å². The lowest BCUT2D eigenvalue weighted by Gasteiger charge is -2.35. The molecular formula is C23H28ClN3O4S. The van der Waals surface area contributed by atoms with E-state index in [4.69, 9.17) is 16.3 Å². The fourth-order valence-electron chi connectivity index (χ4n) is 4.12. The van der Waals surface area contributed by atoms with Crippen molar-refractivity contribution in [2.45, 2.75) is 24.3 Å². The number of benzene rings is 2. The van der Waals surface area contributed by atoms with Crippen molar-refractivity contribution in [3.63, 3.8) is 0 Å². The molecule has 2 heterocycles. The van der Waals surface area contributed by atoms with Crippen molar-refractivity contribution in [2.24, 2.45) is 0 Å². The van der Waals surface area contributed by atoms with Crippen LogP contribution < -0.4 is 4.90 Å². The Kier molecular flexibility index (Phi) is 7.05. The average Bonchev–Trinajstić information content (AvgIpc) is 2.84. The molecule has 2 aliphatic heterocycles. The highest BCUT2D eigenvalue weighted by Crippen LogP contribution is 2.26. The van der Waals surface area contributed by atoms with Crippen LogP contribution in [0.15, 0.2) is 53.4 Å². The Labute approximate surface area is 194 Å². The van der Waals surface area contributed by atoms with Crippen LogP contribution in [0.5, 0.6) is 0 Å². The summed E-state index contributed by atoms with van der Waals surface area (Å²) in [6, 6.07) is 14.4. The molecule has 2 fully saturated rings. The topological polar surface area (TPSA) is 70.2 Å². The molecule has 0 aliphatic carbocycles. The van der Waals surface area contributed by atoms with Crippen LogP contribution in [0.1, 0.15) is 23.7 Å². The van der Waals surface area contributed by atoms with E-state index >= 15 is 0 Å². The Bertz CT molecular complexity index is 1060. The van der Waals surface area contributed by atoms with Crippen LogP contribution in [-0.4, -0.2) is 75.5 Å². The number of piperazine rings is 1. The first kappa shape index (κ1) is 23.0. The number of carbonyl (C=O) groups is 1. The number of anilines is 1. The van der Waals surface area contributed by atoms with E-state index in [1.807, 2.05) is 37.3 Å². The fraction of sp³-hybridized carbons (Fsp3) is 0.435. The van der Waals surface area contributed by atoms with Gasteiger partial charge >= 0.3 is 0 Å². The number of halogens is 1. The SMILES string of the molecule is CC[C@@H]1CN(C(=O)c2cc(S(=O)(=O)N3CCN(c4ccccc4)CC3)ccc2Cl)CCO1. The van der Waals surface area contributed by atoms with Crippen LogP contribution in [-0.2, 0) is 14.8 Å². The predicted molar refractivity (Wildman–Crippen MR) is 125 cm³/mol. The van der Waals surface area contributed by atoms with Gasteiger partial charge in [-0.2, -0.15) is 4.31 Å². The molecule has 2 saturated heterocycles. The molecule has 0 unspecified atom stereocenters. The van der Waals surface area contributed by atoms with Crippen LogP contribution in [0, 0.1) is 0 Å². The summed E-state index contributed by atoms with van der Waals surface area (Å²) in [5.41, 5.74) is 1.30. The molecule has 1 amide bonds. The number of rotatable bonds is 5. The Hall–Kier alpha value is -2.13. The van der Waals surface area contributed by atoms with Gasteiger partial charge in [0.05, 0.1) is 28.2 Å². The molecular weight excluding hydrogens is 450 g/mol. The van der Waals surface area contributed by atoms with Gasteiger partial charge in [0.1, 0.15) is 0 Å². The van der Waals surface area contributed by atoms with Gasteiger partial charge in [-0.25, -0.2) is 8.42 Å². The van der Waals surface area contributed by atoms with Crippen molar-refractivity contribution in [3.8, 4) is 0 Å². The standard InChI is InChI=1S/C23H28ClN3O4S/c1-2-19-17-26(14-15-31-19)23(28)21-16-20(8-9-22(21)24)32(29,30)27-12-10-25(11-13-27)18-6-4-3-5-7-18/h3-9,16,19H,2,10-15,17H2,1H3/t19-/m1/s1. The molecule has 0 spiro atoms. The Morgan fingerprint density at radius 1 is 1.06 bits per heavy atom. The Balaban J connectivity index is 1.50. The summed E-state index contributed by atoms with van der Waals surface area (Å²) in [4.78, 5) is 17.1. The third-order valence-corrected chi connectivity index (χ3v) is 8.27. The maximum atomic E-state index is 13.3. The highest BCUT2D eigenvalue weighted by Gasteiger charge is 2.31. The predicted octanol–water partition coefficient (Wildman–Crippen LogP) is 3.10. The Morgan fingerprint density at radius 2 is 1.78 bits per heavy atom. The van der Waals surface area contributed by atoms with E-state index in [-0.39, 0.29) is 27.5 Å². The number of morpholine rings is 1. The average molecular weight is 478 g/mol. The van der Waals surface area contributed by atoms with Gasteiger partial charge in [-0.05, 0) is 36.8 Å². The summed E-state index contributed by atoms with van der Waals surface area (Å²) in [7, 11) is -3.73. The maximum Gasteiger partial charge on any atom is 0.255 e. The van der Waals surface area contributed by atoms with Crippen molar-refractivity contribution in [1.82, 2.24) is 9.21 Å². The number of nitrogens with zero attached hydrogens (tertiary/aromatic N) is 3. The number of sulfonamides is 1. The van der Waals surface area contributed by atoms with Crippen molar-refractivity contribution < 1.29 is 17.9 Å². The van der Waals surface area contributed by atoms with Crippen molar-refractivity contribution in [3.05, 3.63) is 59.1 Å². The number of hydrogen-bond donors (Lipinski definition) is 0. The zero-order valence-electron chi connectivity index (χ0n) is 18.1. The second-order valence-corrected chi connectivity index (χ2v) is 10.4. The first-order chi connectivity index (χ1) is 15.4. The number of carbonyl (C=O) groups excluding carboxylic acids is 1. The summed E-state index contributed by atoms with van der Waals surface area (Å²) in [6.07, 6.45) is 0.792. The van der Waals surface area contributed by atoms with Gasteiger partial charge in [0.2, 0.25) is 10.0 Å². The van der Waals surface area contributed by atoms with E-state index in [1.54, 1.807) is 4.90 Å². The molecule has 0 N–H and O–H groups in total. The quantitative estimate of drug-likeness (QED) is 0.661. The van der Waals surface area contributed by atoms with Gasteiger partial charge in [0.15, 0.2) is 0 Å². The van der Waals surface area contributed by atoms with Crippen molar-refractivity contribution in [2.75, 3.05) is 50.8 Å². The van der Waals surface area contributed by atoms with Gasteiger partial charge in [-0.1, -0.05) is 36.7 Å². The first-order valence-corrected chi connectivity index (χ1v) is 12.7. The normalized spacial score (nSPS) is 20.4. The van der Waals surface area contributed by atoms with E-state index < -0.39 is 10.0 Å². The summed E-state index contributed by atoms with van der Waals surface area (Å²) >= 11 is 6.31. The lowest BCUT2D eigenvalue weighted by atomic mass is 10.1. The molecule has 32 heavy (non-hydrogen) atoms. The monoisotopic (exact) mass is 477 g/mol. The molecule has 2 aromatic carbocycles. The number of hydrogen-bond acceptors (Lipinski definition) is 5. The van der Waals surface area contributed by atoms with E-state index in [9.17, 15) is 13.2 Å². The van der Waals surface area contributed by atoms with Gasteiger partial charge in [0, 0.05) is 45.0 Å². The molecule has 0 radical (unpaired) electrons. The second kappa shape index (κ2) is 9.79. The smallest absolute Gasteiger partial charge is 0.255 e. The summed E-state index contributed by atoms with van der Waals surface area (Å²) < 4.78 is 33.7. The summed E-state index contributed by atoms with van der Waals surface area (Å²) in [6.45, 7) is 5.38. The fourth-order valence-corrected chi connectivity index (χ4v) is 5.77. The molecule has 172 valence electrons. The zero-order chi connectivity index (χ0) is 22.7. The van der Waals surface area contributed by atoms with Gasteiger partial charge in [-0.3, -0.25) is 4.79 Å². The van der Waals surface area contributed by atoms with Gasteiger partial charge in [-0.15, -0.1) is 0 Å². The molecule has 0 bridgehead atoms. The molecule has 0 aromatic heterocycles. The third-order valence-electron chi connectivity index (χ3n) is 6.05. The lowest BCUT2D eigenvalue weighted by Crippen LogP contribution is -2.48. The van der Waals surface area contributed by atoms with Gasteiger partial charge < -0.3 is 14.5 Å². The number of ether oxygens (including phenoxy) is 1.